The van der Waals surface area contributed by atoms with Crippen LogP contribution < -0.4 is 14.2 Å². The van der Waals surface area contributed by atoms with Gasteiger partial charge in [0, 0.05) is 13.1 Å². The number of nitrogens with zero attached hydrogens (tertiary/aromatic N) is 1. The van der Waals surface area contributed by atoms with E-state index in [2.05, 4.69) is 0 Å². The molecule has 2 rings (SSSR count). The average Bonchev–Trinajstić information content (AvgIpc) is 2.65. The molecule has 2 aromatic rings. The van der Waals surface area contributed by atoms with Gasteiger partial charge in [0.1, 0.15) is 11.6 Å². The number of amides is 1. The highest BCUT2D eigenvalue weighted by atomic mass is 19.1. The summed E-state index contributed by atoms with van der Waals surface area (Å²) in [6.07, 6.45) is 0. The number of methoxy groups -OCH3 is 2. The van der Waals surface area contributed by atoms with Crippen molar-refractivity contribution >= 4 is 5.91 Å². The Morgan fingerprint density at radius 1 is 1.04 bits per heavy atom. The Morgan fingerprint density at radius 2 is 1.72 bits per heavy atom. The number of carbonyl (C=O) groups excluding carboxylic acids is 1. The summed E-state index contributed by atoms with van der Waals surface area (Å²) < 4.78 is 28.8. The van der Waals surface area contributed by atoms with Gasteiger partial charge in [-0.3, -0.25) is 4.79 Å². The first-order valence-corrected chi connectivity index (χ1v) is 7.94. The molecule has 0 saturated carbocycles. The van der Waals surface area contributed by atoms with Gasteiger partial charge in [0.2, 0.25) is 0 Å². The summed E-state index contributed by atoms with van der Waals surface area (Å²) in [6.45, 7) is 2.77. The molecule has 0 radical (unpaired) electrons. The lowest BCUT2D eigenvalue weighted by atomic mass is 10.2. The van der Waals surface area contributed by atoms with E-state index >= 15 is 0 Å². The average molecular weight is 347 g/mol. The lowest BCUT2D eigenvalue weighted by Gasteiger charge is -2.21. The standard InChI is InChI=1S/C19H22FNO4/c1-4-21(12-14-5-10-17(23-2)18(11-14)24-3)19(22)13-25-16-8-6-15(20)7-9-16/h5-11H,4,12-13H2,1-3H3. The van der Waals surface area contributed by atoms with Gasteiger partial charge >= 0.3 is 0 Å². The summed E-state index contributed by atoms with van der Waals surface area (Å²) in [4.78, 5) is 14.0. The normalized spacial score (nSPS) is 10.2. The molecule has 0 fully saturated rings. The Labute approximate surface area is 146 Å². The van der Waals surface area contributed by atoms with Gasteiger partial charge in [-0.2, -0.15) is 0 Å². The molecular weight excluding hydrogens is 325 g/mol. The van der Waals surface area contributed by atoms with E-state index < -0.39 is 0 Å². The van der Waals surface area contributed by atoms with Crippen LogP contribution in [0.2, 0.25) is 0 Å². The van der Waals surface area contributed by atoms with E-state index in [1.165, 1.54) is 24.3 Å². The second kappa shape index (κ2) is 8.92. The van der Waals surface area contributed by atoms with Crippen LogP contribution in [0.4, 0.5) is 4.39 Å². The molecule has 0 aromatic heterocycles. The van der Waals surface area contributed by atoms with Gasteiger partial charge in [-0.15, -0.1) is 0 Å². The van der Waals surface area contributed by atoms with Crippen LogP contribution in [0.1, 0.15) is 12.5 Å². The molecule has 0 N–H and O–H groups in total. The number of likely N-dealkylation sites (N-methyl/N-ethyl adjacent to an activating group) is 1. The first-order chi connectivity index (χ1) is 12.1. The number of hydrogen-bond acceptors (Lipinski definition) is 4. The van der Waals surface area contributed by atoms with Gasteiger partial charge < -0.3 is 19.1 Å². The van der Waals surface area contributed by atoms with Gasteiger partial charge in [-0.05, 0) is 48.9 Å². The van der Waals surface area contributed by atoms with Crippen LogP contribution in [0.3, 0.4) is 0 Å². The molecule has 5 nitrogen and oxygen atoms in total. The van der Waals surface area contributed by atoms with E-state index in [1.807, 2.05) is 25.1 Å². The molecule has 0 spiro atoms. The summed E-state index contributed by atoms with van der Waals surface area (Å²) >= 11 is 0. The molecule has 0 saturated heterocycles. The number of halogens is 1. The lowest BCUT2D eigenvalue weighted by molar-refractivity contribution is -0.133. The summed E-state index contributed by atoms with van der Waals surface area (Å²) in [5.74, 6) is 1.21. The van der Waals surface area contributed by atoms with Crippen molar-refractivity contribution in [2.45, 2.75) is 13.5 Å². The van der Waals surface area contributed by atoms with Crippen LogP contribution >= 0.6 is 0 Å². The van der Waals surface area contributed by atoms with E-state index in [-0.39, 0.29) is 18.3 Å². The maximum absolute atomic E-state index is 12.9. The topological polar surface area (TPSA) is 48.0 Å². The Hall–Kier alpha value is -2.76. The summed E-state index contributed by atoms with van der Waals surface area (Å²) in [5.41, 5.74) is 0.926. The highest BCUT2D eigenvalue weighted by Crippen LogP contribution is 2.28. The van der Waals surface area contributed by atoms with E-state index in [4.69, 9.17) is 14.2 Å². The van der Waals surface area contributed by atoms with Crippen LogP contribution in [0, 0.1) is 5.82 Å². The van der Waals surface area contributed by atoms with E-state index in [9.17, 15) is 9.18 Å². The predicted octanol–water partition coefficient (Wildman–Crippen LogP) is 3.27. The molecule has 0 aliphatic heterocycles. The zero-order valence-corrected chi connectivity index (χ0v) is 14.6. The van der Waals surface area contributed by atoms with Crippen molar-refractivity contribution in [2.24, 2.45) is 0 Å². The Kier molecular flexibility index (Phi) is 6.62. The van der Waals surface area contributed by atoms with Gasteiger partial charge in [0.15, 0.2) is 18.1 Å². The third kappa shape index (κ3) is 5.11. The smallest absolute Gasteiger partial charge is 0.260 e. The zero-order valence-electron chi connectivity index (χ0n) is 14.6. The molecule has 25 heavy (non-hydrogen) atoms. The SMILES string of the molecule is CCN(Cc1ccc(OC)c(OC)c1)C(=O)COc1ccc(F)cc1. The van der Waals surface area contributed by atoms with Crippen molar-refractivity contribution < 1.29 is 23.4 Å². The number of hydrogen-bond donors (Lipinski definition) is 0. The first-order valence-electron chi connectivity index (χ1n) is 7.94. The lowest BCUT2D eigenvalue weighted by Crippen LogP contribution is -2.34. The molecule has 0 aliphatic carbocycles. The van der Waals surface area contributed by atoms with Crippen LogP contribution in [0.5, 0.6) is 17.2 Å². The molecule has 0 unspecified atom stereocenters. The number of benzene rings is 2. The minimum absolute atomic E-state index is 0.104. The summed E-state index contributed by atoms with van der Waals surface area (Å²) in [5, 5.41) is 0. The molecule has 0 aliphatic rings. The van der Waals surface area contributed by atoms with Gasteiger partial charge in [-0.1, -0.05) is 6.07 Å². The van der Waals surface area contributed by atoms with Crippen molar-refractivity contribution in [2.75, 3.05) is 27.4 Å². The second-order valence-electron chi connectivity index (χ2n) is 5.34. The van der Waals surface area contributed by atoms with Crippen LogP contribution in [0.25, 0.3) is 0 Å². The van der Waals surface area contributed by atoms with Crippen molar-refractivity contribution in [1.82, 2.24) is 4.90 Å². The van der Waals surface area contributed by atoms with Crippen LogP contribution in [-0.4, -0.2) is 38.2 Å². The third-order valence-corrected chi connectivity index (χ3v) is 3.73. The molecule has 1 amide bonds. The van der Waals surface area contributed by atoms with Crippen LogP contribution in [0.15, 0.2) is 42.5 Å². The highest BCUT2D eigenvalue weighted by molar-refractivity contribution is 5.77. The zero-order chi connectivity index (χ0) is 18.2. The molecular formula is C19H22FNO4. The molecule has 0 atom stereocenters. The van der Waals surface area contributed by atoms with Crippen molar-refractivity contribution in [3.63, 3.8) is 0 Å². The highest BCUT2D eigenvalue weighted by Gasteiger charge is 2.14. The first kappa shape index (κ1) is 18.6. The van der Waals surface area contributed by atoms with E-state index in [0.717, 1.165) is 5.56 Å². The summed E-state index contributed by atoms with van der Waals surface area (Å²) in [6, 6.07) is 11.1. The minimum atomic E-state index is -0.345. The molecule has 0 bridgehead atoms. The van der Waals surface area contributed by atoms with Gasteiger partial charge in [0.25, 0.3) is 5.91 Å². The molecule has 2 aromatic carbocycles. The van der Waals surface area contributed by atoms with Gasteiger partial charge in [-0.25, -0.2) is 4.39 Å². The fourth-order valence-electron chi connectivity index (χ4n) is 2.34. The van der Waals surface area contributed by atoms with Crippen molar-refractivity contribution in [3.8, 4) is 17.2 Å². The van der Waals surface area contributed by atoms with E-state index in [1.54, 1.807) is 19.1 Å². The summed E-state index contributed by atoms with van der Waals surface area (Å²) in [7, 11) is 3.15. The van der Waals surface area contributed by atoms with Crippen LogP contribution in [-0.2, 0) is 11.3 Å². The molecule has 6 heteroatoms. The van der Waals surface area contributed by atoms with Crippen molar-refractivity contribution in [1.29, 1.82) is 0 Å². The number of carbonyl (C=O) groups is 1. The van der Waals surface area contributed by atoms with Crippen molar-refractivity contribution in [3.05, 3.63) is 53.8 Å². The fourth-order valence-corrected chi connectivity index (χ4v) is 2.34. The molecule has 0 heterocycles. The monoisotopic (exact) mass is 347 g/mol. The predicted molar refractivity (Wildman–Crippen MR) is 92.5 cm³/mol. The van der Waals surface area contributed by atoms with E-state index in [0.29, 0.717) is 30.3 Å². The Bertz CT molecular complexity index is 703. The second-order valence-corrected chi connectivity index (χ2v) is 5.34. The minimum Gasteiger partial charge on any atom is -0.493 e. The number of ether oxygens (including phenoxy) is 3. The quantitative estimate of drug-likeness (QED) is 0.735. The maximum atomic E-state index is 12.9. The molecule has 134 valence electrons. The van der Waals surface area contributed by atoms with Gasteiger partial charge in [0.05, 0.1) is 14.2 Å². The number of rotatable bonds is 8. The Morgan fingerprint density at radius 3 is 2.32 bits per heavy atom. The fraction of sp³-hybridized carbons (Fsp3) is 0.316. The third-order valence-electron chi connectivity index (χ3n) is 3.73. The Balaban J connectivity index is 1.98. The maximum Gasteiger partial charge on any atom is 0.260 e. The largest absolute Gasteiger partial charge is 0.493 e.